The van der Waals surface area contributed by atoms with Crippen molar-refractivity contribution < 1.29 is 0 Å². The molecule has 2 rings (SSSR count). The lowest BCUT2D eigenvalue weighted by atomic mass is 10.2. The predicted molar refractivity (Wildman–Crippen MR) is 61.7 cm³/mol. The molecule has 0 bridgehead atoms. The molecule has 0 unspecified atom stereocenters. The fraction of sp³-hybridized carbons (Fsp3) is 0.100. The van der Waals surface area contributed by atoms with Crippen LogP contribution in [0.3, 0.4) is 0 Å². The van der Waals surface area contributed by atoms with Crippen molar-refractivity contribution in [2.75, 3.05) is 5.73 Å². The third-order valence-electron chi connectivity index (χ3n) is 1.88. The Balaban J connectivity index is 2.49. The number of halogens is 1. The number of nitrogens with zero attached hydrogens (tertiary/aromatic N) is 1. The van der Waals surface area contributed by atoms with Crippen LogP contribution in [0.25, 0.3) is 11.3 Å². The minimum Gasteiger partial charge on any atom is -0.389 e. The summed E-state index contributed by atoms with van der Waals surface area (Å²) in [7, 11) is 0. The summed E-state index contributed by atoms with van der Waals surface area (Å²) in [6.07, 6.45) is 0. The van der Waals surface area contributed by atoms with E-state index in [-0.39, 0.29) is 0 Å². The average molecular weight is 225 g/mol. The highest BCUT2D eigenvalue weighted by atomic mass is 35.5. The Morgan fingerprint density at radius 1 is 1.29 bits per heavy atom. The Kier molecular flexibility index (Phi) is 2.44. The van der Waals surface area contributed by atoms with Crippen molar-refractivity contribution in [2.24, 2.45) is 0 Å². The maximum absolute atomic E-state index is 5.83. The molecule has 0 aliphatic rings. The van der Waals surface area contributed by atoms with Crippen molar-refractivity contribution in [1.29, 1.82) is 0 Å². The van der Waals surface area contributed by atoms with E-state index < -0.39 is 0 Å². The van der Waals surface area contributed by atoms with Gasteiger partial charge in [-0.05, 0) is 19.1 Å². The number of nitrogens with two attached hydrogens (primary N) is 1. The van der Waals surface area contributed by atoms with Gasteiger partial charge >= 0.3 is 0 Å². The first kappa shape index (κ1) is 9.49. The maximum Gasteiger partial charge on any atom is 0.114 e. The molecule has 2 nitrogen and oxygen atoms in total. The Hall–Kier alpha value is -1.06. The van der Waals surface area contributed by atoms with Crippen molar-refractivity contribution in [3.63, 3.8) is 0 Å². The van der Waals surface area contributed by atoms with E-state index in [1.165, 1.54) is 11.3 Å². The summed E-state index contributed by atoms with van der Waals surface area (Å²) in [6.45, 7) is 1.94. The van der Waals surface area contributed by atoms with Crippen LogP contribution in [0.5, 0.6) is 0 Å². The lowest BCUT2D eigenvalue weighted by Crippen LogP contribution is -1.85. The van der Waals surface area contributed by atoms with Crippen LogP contribution in [0.4, 0.5) is 5.00 Å². The fourth-order valence-electron chi connectivity index (χ4n) is 1.26. The first-order chi connectivity index (χ1) is 6.66. The van der Waals surface area contributed by atoms with Gasteiger partial charge in [0.15, 0.2) is 0 Å². The summed E-state index contributed by atoms with van der Waals surface area (Å²) < 4.78 is 0. The van der Waals surface area contributed by atoms with Crippen molar-refractivity contribution in [3.05, 3.63) is 34.3 Å². The van der Waals surface area contributed by atoms with E-state index in [4.69, 9.17) is 17.3 Å². The average Bonchev–Trinajstić information content (AvgIpc) is 2.47. The highest BCUT2D eigenvalue weighted by Gasteiger charge is 2.07. The molecule has 0 atom stereocenters. The zero-order valence-corrected chi connectivity index (χ0v) is 9.19. The Bertz CT molecular complexity index is 448. The van der Waals surface area contributed by atoms with Gasteiger partial charge in [-0.3, -0.25) is 0 Å². The van der Waals surface area contributed by atoms with Gasteiger partial charge in [0.1, 0.15) is 10.7 Å². The number of anilines is 1. The number of rotatable bonds is 1. The summed E-state index contributed by atoms with van der Waals surface area (Å²) in [6, 6.07) is 7.52. The lowest BCUT2D eigenvalue weighted by molar-refractivity contribution is 1.30. The van der Waals surface area contributed by atoms with Crippen molar-refractivity contribution >= 4 is 27.9 Å². The van der Waals surface area contributed by atoms with E-state index in [2.05, 4.69) is 4.98 Å². The van der Waals surface area contributed by atoms with Crippen LogP contribution < -0.4 is 5.73 Å². The molecular formula is C10H9ClN2S. The topological polar surface area (TPSA) is 38.9 Å². The van der Waals surface area contributed by atoms with Gasteiger partial charge < -0.3 is 5.73 Å². The molecule has 0 radical (unpaired) electrons. The third-order valence-corrected chi connectivity index (χ3v) is 2.93. The van der Waals surface area contributed by atoms with Crippen LogP contribution in [-0.4, -0.2) is 4.98 Å². The molecule has 1 aromatic heterocycles. The highest BCUT2D eigenvalue weighted by molar-refractivity contribution is 7.16. The number of thiazole rings is 1. The van der Waals surface area contributed by atoms with Gasteiger partial charge in [0.2, 0.25) is 0 Å². The summed E-state index contributed by atoms with van der Waals surface area (Å²) in [5.74, 6) is 0. The monoisotopic (exact) mass is 224 g/mol. The summed E-state index contributed by atoms with van der Waals surface area (Å²) in [5.41, 5.74) is 7.70. The zero-order chi connectivity index (χ0) is 10.1. The van der Waals surface area contributed by atoms with Crippen LogP contribution in [-0.2, 0) is 0 Å². The first-order valence-corrected chi connectivity index (χ1v) is 5.35. The second kappa shape index (κ2) is 3.59. The highest BCUT2D eigenvalue weighted by Crippen LogP contribution is 2.30. The molecule has 0 amide bonds. The number of hydrogen-bond acceptors (Lipinski definition) is 3. The van der Waals surface area contributed by atoms with Gasteiger partial charge in [-0.2, -0.15) is 0 Å². The van der Waals surface area contributed by atoms with E-state index in [0.29, 0.717) is 0 Å². The molecule has 1 heterocycles. The van der Waals surface area contributed by atoms with Gasteiger partial charge in [0, 0.05) is 10.6 Å². The summed E-state index contributed by atoms with van der Waals surface area (Å²) in [5, 5.41) is 2.46. The molecule has 0 spiro atoms. The fourth-order valence-corrected chi connectivity index (χ4v) is 2.10. The van der Waals surface area contributed by atoms with Gasteiger partial charge in [-0.15, -0.1) is 11.3 Å². The second-order valence-electron chi connectivity index (χ2n) is 2.95. The van der Waals surface area contributed by atoms with Crippen molar-refractivity contribution in [1.82, 2.24) is 4.98 Å². The minimum atomic E-state index is 0.722. The quantitative estimate of drug-likeness (QED) is 0.807. The molecule has 1 aromatic carbocycles. The van der Waals surface area contributed by atoms with E-state index in [9.17, 15) is 0 Å². The van der Waals surface area contributed by atoms with Crippen molar-refractivity contribution in [2.45, 2.75) is 6.92 Å². The molecule has 0 saturated heterocycles. The SMILES string of the molecule is Cc1nc(-c2ccc(Cl)cc2)c(N)s1. The van der Waals surface area contributed by atoms with Crippen LogP contribution in [0.1, 0.15) is 5.01 Å². The van der Waals surface area contributed by atoms with Gasteiger partial charge in [-0.25, -0.2) is 4.98 Å². The van der Waals surface area contributed by atoms with Gasteiger partial charge in [0.05, 0.1) is 5.01 Å². The van der Waals surface area contributed by atoms with Crippen LogP contribution >= 0.6 is 22.9 Å². The van der Waals surface area contributed by atoms with Crippen LogP contribution in [0.2, 0.25) is 5.02 Å². The Labute approximate surface area is 91.4 Å². The molecule has 2 aromatic rings. The zero-order valence-electron chi connectivity index (χ0n) is 7.62. The normalized spacial score (nSPS) is 10.4. The van der Waals surface area contributed by atoms with Crippen molar-refractivity contribution in [3.8, 4) is 11.3 Å². The molecule has 14 heavy (non-hydrogen) atoms. The first-order valence-electron chi connectivity index (χ1n) is 4.15. The number of benzene rings is 1. The lowest BCUT2D eigenvalue weighted by Gasteiger charge is -1.97. The molecule has 0 fully saturated rings. The maximum atomic E-state index is 5.83. The molecule has 0 aliphatic heterocycles. The van der Waals surface area contributed by atoms with E-state index in [1.54, 1.807) is 0 Å². The van der Waals surface area contributed by atoms with Crippen LogP contribution in [0, 0.1) is 6.92 Å². The van der Waals surface area contributed by atoms with E-state index in [0.717, 1.165) is 26.3 Å². The molecule has 2 N–H and O–H groups in total. The molecule has 72 valence electrons. The minimum absolute atomic E-state index is 0.722. The molecule has 0 saturated carbocycles. The number of hydrogen-bond donors (Lipinski definition) is 1. The number of nitrogen functional groups attached to an aromatic ring is 1. The van der Waals surface area contributed by atoms with Crippen LogP contribution in [0.15, 0.2) is 24.3 Å². The molecular weight excluding hydrogens is 216 g/mol. The number of aromatic nitrogens is 1. The van der Waals surface area contributed by atoms with E-state index in [1.807, 2.05) is 31.2 Å². The Morgan fingerprint density at radius 2 is 1.93 bits per heavy atom. The largest absolute Gasteiger partial charge is 0.389 e. The smallest absolute Gasteiger partial charge is 0.114 e. The summed E-state index contributed by atoms with van der Waals surface area (Å²) >= 11 is 7.30. The Morgan fingerprint density at radius 3 is 2.43 bits per heavy atom. The van der Waals surface area contributed by atoms with E-state index >= 15 is 0 Å². The van der Waals surface area contributed by atoms with Gasteiger partial charge in [0.25, 0.3) is 0 Å². The van der Waals surface area contributed by atoms with Gasteiger partial charge in [-0.1, -0.05) is 23.7 Å². The summed E-state index contributed by atoms with van der Waals surface area (Å²) in [4.78, 5) is 4.36. The number of aryl methyl sites for hydroxylation is 1. The third kappa shape index (κ3) is 1.74. The standard InChI is InChI=1S/C10H9ClN2S/c1-6-13-9(10(12)14-6)7-2-4-8(11)5-3-7/h2-5H,12H2,1H3. The molecule has 0 aliphatic carbocycles. The predicted octanol–water partition coefficient (Wildman–Crippen LogP) is 3.35. The molecule has 4 heteroatoms. The second-order valence-corrected chi connectivity index (χ2v) is 4.62.